The number of hydrogen-bond donors (Lipinski definition) is 0. The minimum absolute atomic E-state index is 0.00890. The summed E-state index contributed by atoms with van der Waals surface area (Å²) in [6, 6.07) is 2.25. The molecule has 0 aromatic rings. The molecule has 1 rings (SSSR count). The Morgan fingerprint density at radius 3 is 2.33 bits per heavy atom. The van der Waals surface area contributed by atoms with Crippen LogP contribution in [-0.2, 0) is 4.84 Å². The first-order valence-corrected chi connectivity index (χ1v) is 6.81. The molecule has 3 heteroatoms. The van der Waals surface area contributed by atoms with Gasteiger partial charge in [-0.3, -0.25) is 4.84 Å². The zero-order valence-electron chi connectivity index (χ0n) is 12.2. The maximum atomic E-state index is 9.19. The molecule has 1 heterocycles. The standard InChI is InChI=1S/C15H26N2O/c1-6-7-9-13(12-16)18-17-14(2,3)10-8-11-15(17,4)5/h6,13H,1,7-11H2,2-5H3. The van der Waals surface area contributed by atoms with E-state index in [2.05, 4.69) is 45.4 Å². The summed E-state index contributed by atoms with van der Waals surface area (Å²) in [5.74, 6) is 0. The van der Waals surface area contributed by atoms with Crippen molar-refractivity contribution in [3.8, 4) is 6.07 Å². The normalized spacial score (nSPS) is 24.2. The summed E-state index contributed by atoms with van der Waals surface area (Å²) in [4.78, 5) is 6.00. The van der Waals surface area contributed by atoms with Crippen molar-refractivity contribution in [2.75, 3.05) is 0 Å². The van der Waals surface area contributed by atoms with Crippen LogP contribution in [0, 0.1) is 11.3 Å². The van der Waals surface area contributed by atoms with Gasteiger partial charge in [0, 0.05) is 11.1 Å². The summed E-state index contributed by atoms with van der Waals surface area (Å²) >= 11 is 0. The Morgan fingerprint density at radius 1 is 1.33 bits per heavy atom. The van der Waals surface area contributed by atoms with Crippen LogP contribution in [0.15, 0.2) is 12.7 Å². The first kappa shape index (κ1) is 15.2. The smallest absolute Gasteiger partial charge is 0.165 e. The molecule has 0 amide bonds. The molecule has 0 aromatic carbocycles. The molecule has 1 aliphatic heterocycles. The summed E-state index contributed by atoms with van der Waals surface area (Å²) in [5, 5.41) is 11.2. The predicted molar refractivity (Wildman–Crippen MR) is 73.8 cm³/mol. The first-order chi connectivity index (χ1) is 8.33. The van der Waals surface area contributed by atoms with E-state index in [1.54, 1.807) is 0 Å². The molecule has 0 radical (unpaired) electrons. The Bertz CT molecular complexity index is 312. The number of allylic oxidation sites excluding steroid dienone is 1. The minimum atomic E-state index is -0.375. The molecule has 18 heavy (non-hydrogen) atoms. The van der Waals surface area contributed by atoms with E-state index in [1.165, 1.54) is 6.42 Å². The van der Waals surface area contributed by atoms with E-state index >= 15 is 0 Å². The molecule has 1 aliphatic rings. The summed E-state index contributed by atoms with van der Waals surface area (Å²) in [6.07, 6.45) is 6.41. The Balaban J connectivity index is 2.76. The van der Waals surface area contributed by atoms with Crippen LogP contribution >= 0.6 is 0 Å². The van der Waals surface area contributed by atoms with Crippen LogP contribution < -0.4 is 0 Å². The molecule has 0 spiro atoms. The van der Waals surface area contributed by atoms with E-state index in [1.807, 2.05) is 6.08 Å². The van der Waals surface area contributed by atoms with E-state index in [9.17, 15) is 5.26 Å². The lowest BCUT2D eigenvalue weighted by atomic mass is 9.82. The zero-order valence-corrected chi connectivity index (χ0v) is 12.2. The molecule has 1 atom stereocenters. The Morgan fingerprint density at radius 2 is 1.89 bits per heavy atom. The molecular weight excluding hydrogens is 224 g/mol. The number of hydroxylamine groups is 2. The van der Waals surface area contributed by atoms with Gasteiger partial charge in [0.2, 0.25) is 0 Å². The van der Waals surface area contributed by atoms with Crippen molar-refractivity contribution in [3.63, 3.8) is 0 Å². The van der Waals surface area contributed by atoms with Crippen molar-refractivity contribution in [2.45, 2.75) is 77.0 Å². The summed E-state index contributed by atoms with van der Waals surface area (Å²) in [5.41, 5.74) is -0.0178. The Kier molecular flexibility index (Phi) is 4.95. The maximum Gasteiger partial charge on any atom is 0.165 e. The number of hydrogen-bond acceptors (Lipinski definition) is 3. The van der Waals surface area contributed by atoms with Crippen molar-refractivity contribution < 1.29 is 4.84 Å². The van der Waals surface area contributed by atoms with Gasteiger partial charge in [0.25, 0.3) is 0 Å². The van der Waals surface area contributed by atoms with Crippen molar-refractivity contribution in [2.24, 2.45) is 0 Å². The summed E-state index contributed by atoms with van der Waals surface area (Å²) in [6.45, 7) is 12.5. The van der Waals surface area contributed by atoms with Gasteiger partial charge in [0.1, 0.15) is 0 Å². The van der Waals surface area contributed by atoms with Crippen LogP contribution in [0.2, 0.25) is 0 Å². The van der Waals surface area contributed by atoms with E-state index in [4.69, 9.17) is 4.84 Å². The number of piperidine rings is 1. The van der Waals surface area contributed by atoms with Crippen LogP contribution in [0.5, 0.6) is 0 Å². The van der Waals surface area contributed by atoms with Gasteiger partial charge in [-0.15, -0.1) is 6.58 Å². The molecular formula is C15H26N2O. The Labute approximate surface area is 111 Å². The lowest BCUT2D eigenvalue weighted by Gasteiger charge is -2.51. The van der Waals surface area contributed by atoms with Crippen LogP contribution in [0.1, 0.15) is 59.8 Å². The highest BCUT2D eigenvalue weighted by Gasteiger charge is 2.43. The maximum absolute atomic E-state index is 9.19. The average Bonchev–Trinajstić information content (AvgIpc) is 2.26. The molecule has 1 unspecified atom stereocenters. The minimum Gasteiger partial charge on any atom is -0.279 e. The zero-order chi connectivity index (χ0) is 13.8. The molecule has 0 aliphatic carbocycles. The quantitative estimate of drug-likeness (QED) is 0.696. The molecule has 1 fully saturated rings. The molecule has 102 valence electrons. The molecule has 0 bridgehead atoms. The van der Waals surface area contributed by atoms with Crippen LogP contribution in [0.25, 0.3) is 0 Å². The molecule has 0 N–H and O–H groups in total. The second-order valence-corrected chi connectivity index (χ2v) is 6.36. The molecule has 1 saturated heterocycles. The van der Waals surface area contributed by atoms with Gasteiger partial charge in [-0.1, -0.05) is 6.08 Å². The molecule has 0 aromatic heterocycles. The summed E-state index contributed by atoms with van der Waals surface area (Å²) < 4.78 is 0. The van der Waals surface area contributed by atoms with Gasteiger partial charge in [-0.2, -0.15) is 10.3 Å². The van der Waals surface area contributed by atoms with Gasteiger partial charge in [-0.25, -0.2) is 0 Å². The Hall–Kier alpha value is -0.850. The topological polar surface area (TPSA) is 36.3 Å². The van der Waals surface area contributed by atoms with Gasteiger partial charge in [0.15, 0.2) is 6.10 Å². The fraction of sp³-hybridized carbons (Fsp3) is 0.800. The van der Waals surface area contributed by atoms with Gasteiger partial charge < -0.3 is 0 Å². The highest BCUT2D eigenvalue weighted by Crippen LogP contribution is 2.38. The van der Waals surface area contributed by atoms with Crippen molar-refractivity contribution in [1.29, 1.82) is 5.26 Å². The van der Waals surface area contributed by atoms with Gasteiger partial charge in [-0.05, 0) is 59.8 Å². The van der Waals surface area contributed by atoms with Crippen molar-refractivity contribution >= 4 is 0 Å². The van der Waals surface area contributed by atoms with E-state index in [0.29, 0.717) is 6.42 Å². The van der Waals surface area contributed by atoms with Crippen LogP contribution in [-0.4, -0.2) is 22.2 Å². The van der Waals surface area contributed by atoms with E-state index < -0.39 is 0 Å². The average molecular weight is 250 g/mol. The fourth-order valence-corrected chi connectivity index (χ4v) is 2.80. The highest BCUT2D eigenvalue weighted by molar-refractivity contribution is 4.95. The number of nitrogens with zero attached hydrogens (tertiary/aromatic N) is 2. The van der Waals surface area contributed by atoms with E-state index in [-0.39, 0.29) is 17.2 Å². The van der Waals surface area contributed by atoms with Crippen molar-refractivity contribution in [3.05, 3.63) is 12.7 Å². The second-order valence-electron chi connectivity index (χ2n) is 6.36. The third-order valence-corrected chi connectivity index (χ3v) is 3.69. The largest absolute Gasteiger partial charge is 0.279 e. The monoisotopic (exact) mass is 250 g/mol. The van der Waals surface area contributed by atoms with Crippen LogP contribution in [0.3, 0.4) is 0 Å². The molecule has 3 nitrogen and oxygen atoms in total. The van der Waals surface area contributed by atoms with Crippen LogP contribution in [0.4, 0.5) is 0 Å². The lowest BCUT2D eigenvalue weighted by Crippen LogP contribution is -2.59. The SMILES string of the molecule is C=CCCC(C#N)ON1C(C)(C)CCCC1(C)C. The van der Waals surface area contributed by atoms with E-state index in [0.717, 1.165) is 19.3 Å². The second kappa shape index (κ2) is 5.86. The number of nitriles is 1. The third-order valence-electron chi connectivity index (χ3n) is 3.69. The first-order valence-electron chi connectivity index (χ1n) is 6.81. The third kappa shape index (κ3) is 3.57. The summed E-state index contributed by atoms with van der Waals surface area (Å²) in [7, 11) is 0. The van der Waals surface area contributed by atoms with Crippen molar-refractivity contribution in [1.82, 2.24) is 5.06 Å². The highest BCUT2D eigenvalue weighted by atomic mass is 16.7. The number of rotatable bonds is 5. The lowest BCUT2D eigenvalue weighted by molar-refractivity contribution is -0.295. The predicted octanol–water partition coefficient (Wildman–Crippen LogP) is 3.82. The fourth-order valence-electron chi connectivity index (χ4n) is 2.80. The van der Waals surface area contributed by atoms with Gasteiger partial charge in [0.05, 0.1) is 6.07 Å². The molecule has 0 saturated carbocycles. The van der Waals surface area contributed by atoms with Gasteiger partial charge >= 0.3 is 0 Å².